The van der Waals surface area contributed by atoms with E-state index in [9.17, 15) is 4.79 Å². The van der Waals surface area contributed by atoms with Crippen LogP contribution in [0.2, 0.25) is 5.02 Å². The molecule has 2 nitrogen and oxygen atoms in total. The van der Waals surface area contributed by atoms with Crippen molar-refractivity contribution in [1.29, 1.82) is 0 Å². The molecule has 0 saturated carbocycles. The predicted molar refractivity (Wildman–Crippen MR) is 61.8 cm³/mol. The molecule has 0 aliphatic rings. The van der Waals surface area contributed by atoms with Gasteiger partial charge in [-0.1, -0.05) is 38.4 Å². The molecule has 0 aliphatic heterocycles. The van der Waals surface area contributed by atoms with Gasteiger partial charge in [-0.05, 0) is 29.5 Å². The van der Waals surface area contributed by atoms with E-state index in [4.69, 9.17) is 16.7 Å². The molecule has 1 aromatic rings. The zero-order chi connectivity index (χ0) is 11.8. The fraction of sp³-hybridized carbons (Fsp3) is 0.417. The first-order valence-corrected chi connectivity index (χ1v) is 5.15. The van der Waals surface area contributed by atoms with Crippen molar-refractivity contribution in [3.05, 3.63) is 33.8 Å². The van der Waals surface area contributed by atoms with Crippen molar-refractivity contribution in [3.63, 3.8) is 0 Å². The topological polar surface area (TPSA) is 37.3 Å². The zero-order valence-corrected chi connectivity index (χ0v) is 10.1. The molecule has 0 heterocycles. The lowest BCUT2D eigenvalue weighted by Crippen LogP contribution is -2.13. The molecule has 0 spiro atoms. The summed E-state index contributed by atoms with van der Waals surface area (Å²) in [6.45, 7) is 7.97. The summed E-state index contributed by atoms with van der Waals surface area (Å²) in [6, 6.07) is 3.62. The third kappa shape index (κ3) is 2.51. The van der Waals surface area contributed by atoms with Crippen LogP contribution in [0.15, 0.2) is 12.1 Å². The highest BCUT2D eigenvalue weighted by Crippen LogP contribution is 2.29. The molecular formula is C12H15ClO2. The predicted octanol–water partition coefficient (Wildman–Crippen LogP) is 3.64. The lowest BCUT2D eigenvalue weighted by molar-refractivity contribution is 0.0696. The molecular weight excluding hydrogens is 212 g/mol. The van der Waals surface area contributed by atoms with E-state index in [0.717, 1.165) is 5.56 Å². The van der Waals surface area contributed by atoms with Gasteiger partial charge in [0, 0.05) is 0 Å². The Morgan fingerprint density at radius 2 is 1.87 bits per heavy atom. The van der Waals surface area contributed by atoms with Crippen molar-refractivity contribution in [2.45, 2.75) is 33.1 Å². The molecule has 3 heteroatoms. The zero-order valence-electron chi connectivity index (χ0n) is 9.39. The molecule has 0 radical (unpaired) electrons. The Morgan fingerprint density at radius 1 is 1.33 bits per heavy atom. The molecule has 0 aliphatic carbocycles. The molecule has 82 valence electrons. The third-order valence-electron chi connectivity index (χ3n) is 2.37. The molecule has 15 heavy (non-hydrogen) atoms. The summed E-state index contributed by atoms with van der Waals surface area (Å²) in [5.41, 5.74) is 1.94. The minimum Gasteiger partial charge on any atom is -0.478 e. The van der Waals surface area contributed by atoms with Crippen LogP contribution in [0.25, 0.3) is 0 Å². The minimum atomic E-state index is -0.974. The highest BCUT2D eigenvalue weighted by molar-refractivity contribution is 6.33. The van der Waals surface area contributed by atoms with Crippen molar-refractivity contribution in [2.75, 3.05) is 0 Å². The van der Waals surface area contributed by atoms with Crippen LogP contribution in [0.3, 0.4) is 0 Å². The Morgan fingerprint density at radius 3 is 2.20 bits per heavy atom. The Balaban J connectivity index is 3.39. The van der Waals surface area contributed by atoms with Gasteiger partial charge < -0.3 is 5.11 Å². The van der Waals surface area contributed by atoms with Gasteiger partial charge in [0.05, 0.1) is 10.6 Å². The third-order valence-corrected chi connectivity index (χ3v) is 2.67. The second-order valence-electron chi connectivity index (χ2n) is 4.71. The highest BCUT2D eigenvalue weighted by Gasteiger charge is 2.19. The number of hydrogen-bond donors (Lipinski definition) is 1. The van der Waals surface area contributed by atoms with Crippen molar-refractivity contribution in [1.82, 2.24) is 0 Å². The number of benzene rings is 1. The van der Waals surface area contributed by atoms with Crippen LogP contribution in [-0.2, 0) is 5.41 Å². The Hall–Kier alpha value is -1.02. The number of hydrogen-bond acceptors (Lipinski definition) is 1. The summed E-state index contributed by atoms with van der Waals surface area (Å²) < 4.78 is 0. The standard InChI is InChI=1S/C12H15ClO2/c1-7-5-8(12(2,3)4)6-9(13)10(7)11(14)15/h5-6H,1-4H3,(H,14,15). The van der Waals surface area contributed by atoms with Gasteiger partial charge in [-0.25, -0.2) is 4.79 Å². The molecule has 1 rings (SSSR count). The minimum absolute atomic E-state index is 0.0224. The second-order valence-corrected chi connectivity index (χ2v) is 5.11. The molecule has 0 bridgehead atoms. The first-order valence-electron chi connectivity index (χ1n) is 4.77. The van der Waals surface area contributed by atoms with Crippen molar-refractivity contribution in [3.8, 4) is 0 Å². The van der Waals surface area contributed by atoms with Gasteiger partial charge in [0.25, 0.3) is 0 Å². The van der Waals surface area contributed by atoms with Gasteiger partial charge in [-0.3, -0.25) is 0 Å². The lowest BCUT2D eigenvalue weighted by Gasteiger charge is -2.20. The first-order chi connectivity index (χ1) is 6.73. The molecule has 0 amide bonds. The maximum Gasteiger partial charge on any atom is 0.337 e. The van der Waals surface area contributed by atoms with E-state index in [-0.39, 0.29) is 11.0 Å². The number of rotatable bonds is 1. The van der Waals surface area contributed by atoms with E-state index < -0.39 is 5.97 Å². The average molecular weight is 227 g/mol. The second kappa shape index (κ2) is 3.86. The van der Waals surface area contributed by atoms with Gasteiger partial charge in [0.2, 0.25) is 0 Å². The van der Waals surface area contributed by atoms with E-state index in [0.29, 0.717) is 10.6 Å². The largest absolute Gasteiger partial charge is 0.478 e. The smallest absolute Gasteiger partial charge is 0.337 e. The van der Waals surface area contributed by atoms with E-state index in [2.05, 4.69) is 20.8 Å². The fourth-order valence-electron chi connectivity index (χ4n) is 1.45. The van der Waals surface area contributed by atoms with Crippen molar-refractivity contribution < 1.29 is 9.90 Å². The van der Waals surface area contributed by atoms with E-state index in [1.165, 1.54) is 0 Å². The summed E-state index contributed by atoms with van der Waals surface area (Å²) in [5.74, 6) is -0.974. The number of aryl methyl sites for hydroxylation is 1. The van der Waals surface area contributed by atoms with E-state index in [1.54, 1.807) is 13.0 Å². The molecule has 1 aromatic carbocycles. The summed E-state index contributed by atoms with van der Waals surface area (Å²) in [7, 11) is 0. The van der Waals surface area contributed by atoms with Crippen molar-refractivity contribution in [2.24, 2.45) is 0 Å². The summed E-state index contributed by atoms with van der Waals surface area (Å²) in [6.07, 6.45) is 0. The summed E-state index contributed by atoms with van der Waals surface area (Å²) in [5, 5.41) is 9.27. The highest BCUT2D eigenvalue weighted by atomic mass is 35.5. The van der Waals surface area contributed by atoms with Crippen LogP contribution in [-0.4, -0.2) is 11.1 Å². The van der Waals surface area contributed by atoms with E-state index in [1.807, 2.05) is 6.07 Å². The molecule has 0 unspecified atom stereocenters. The summed E-state index contributed by atoms with van der Waals surface area (Å²) in [4.78, 5) is 10.9. The van der Waals surface area contributed by atoms with Crippen LogP contribution in [0, 0.1) is 6.92 Å². The Bertz CT molecular complexity index is 380. The monoisotopic (exact) mass is 226 g/mol. The Labute approximate surface area is 94.9 Å². The van der Waals surface area contributed by atoms with Gasteiger partial charge in [-0.15, -0.1) is 0 Å². The number of aromatic carboxylic acids is 1. The molecule has 1 N–H and O–H groups in total. The van der Waals surface area contributed by atoms with Gasteiger partial charge in [-0.2, -0.15) is 0 Å². The van der Waals surface area contributed by atoms with Crippen LogP contribution < -0.4 is 0 Å². The average Bonchev–Trinajstić information content (AvgIpc) is 1.99. The molecule has 0 saturated heterocycles. The van der Waals surface area contributed by atoms with Crippen LogP contribution >= 0.6 is 11.6 Å². The van der Waals surface area contributed by atoms with Gasteiger partial charge >= 0.3 is 5.97 Å². The molecule has 0 fully saturated rings. The number of carboxylic acid groups (broad SMARTS) is 1. The maximum atomic E-state index is 10.9. The fourth-order valence-corrected chi connectivity index (χ4v) is 1.80. The van der Waals surface area contributed by atoms with Gasteiger partial charge in [0.1, 0.15) is 0 Å². The van der Waals surface area contributed by atoms with Crippen LogP contribution in [0.5, 0.6) is 0 Å². The molecule has 0 atom stereocenters. The maximum absolute atomic E-state index is 10.9. The lowest BCUT2D eigenvalue weighted by atomic mass is 9.85. The first kappa shape index (κ1) is 12.1. The van der Waals surface area contributed by atoms with Crippen LogP contribution in [0.4, 0.5) is 0 Å². The quantitative estimate of drug-likeness (QED) is 0.794. The van der Waals surface area contributed by atoms with Crippen molar-refractivity contribution >= 4 is 17.6 Å². The number of carbonyl (C=O) groups is 1. The summed E-state index contributed by atoms with van der Waals surface area (Å²) >= 11 is 5.95. The van der Waals surface area contributed by atoms with Crippen LogP contribution in [0.1, 0.15) is 42.3 Å². The number of carboxylic acids is 1. The SMILES string of the molecule is Cc1cc(C(C)(C)C)cc(Cl)c1C(=O)O. The number of halogens is 1. The van der Waals surface area contributed by atoms with E-state index >= 15 is 0 Å². The Kier molecular flexibility index (Phi) is 3.10. The molecule has 0 aromatic heterocycles. The van der Waals surface area contributed by atoms with Gasteiger partial charge in [0.15, 0.2) is 0 Å². The normalized spacial score (nSPS) is 11.5.